The lowest BCUT2D eigenvalue weighted by molar-refractivity contribution is 0.103. The second kappa shape index (κ2) is 5.34. The van der Waals surface area contributed by atoms with Crippen LogP contribution in [-0.4, -0.2) is 12.4 Å². The molecule has 0 aromatic heterocycles. The lowest BCUT2D eigenvalue weighted by Crippen LogP contribution is -2.05. The fraction of sp³-hybridized carbons (Fsp3) is 0.188. The van der Waals surface area contributed by atoms with Gasteiger partial charge in [-0.3, -0.25) is 4.79 Å². The number of hydrogen-bond donors (Lipinski definition) is 0. The van der Waals surface area contributed by atoms with Crippen molar-refractivity contribution in [1.82, 2.24) is 0 Å². The van der Waals surface area contributed by atoms with Crippen molar-refractivity contribution in [2.24, 2.45) is 0 Å². The number of carbonyl (C=O) groups is 1. The molecule has 0 aliphatic carbocycles. The Kier molecular flexibility index (Phi) is 3.69. The Morgan fingerprint density at radius 3 is 2.70 bits per heavy atom. The van der Waals surface area contributed by atoms with Gasteiger partial charge in [-0.05, 0) is 42.3 Å². The van der Waals surface area contributed by atoms with Crippen LogP contribution >= 0.6 is 31.9 Å². The molecule has 2 nitrogen and oxygen atoms in total. The van der Waals surface area contributed by atoms with Gasteiger partial charge in [-0.2, -0.15) is 0 Å². The molecule has 0 saturated carbocycles. The van der Waals surface area contributed by atoms with E-state index in [-0.39, 0.29) is 5.78 Å². The maximum absolute atomic E-state index is 12.8. The molecule has 0 N–H and O–H groups in total. The molecular formula is C16H12Br2O2. The van der Waals surface area contributed by atoms with Crippen molar-refractivity contribution in [3.8, 4) is 5.75 Å². The summed E-state index contributed by atoms with van der Waals surface area (Å²) in [4.78, 5) is 12.8. The van der Waals surface area contributed by atoms with E-state index in [2.05, 4.69) is 31.9 Å². The average molecular weight is 396 g/mol. The van der Waals surface area contributed by atoms with Crippen LogP contribution in [0.15, 0.2) is 39.3 Å². The Bertz CT molecular complexity index is 708. The Morgan fingerprint density at radius 1 is 1.15 bits per heavy atom. The summed E-state index contributed by atoms with van der Waals surface area (Å²) in [6.07, 6.45) is 0.851. The molecule has 0 amide bonds. The summed E-state index contributed by atoms with van der Waals surface area (Å²) >= 11 is 6.94. The van der Waals surface area contributed by atoms with Crippen LogP contribution in [0.1, 0.15) is 27.0 Å². The number of benzene rings is 2. The third kappa shape index (κ3) is 2.42. The Balaban J connectivity index is 2.11. The highest BCUT2D eigenvalue weighted by atomic mass is 79.9. The van der Waals surface area contributed by atoms with Crippen molar-refractivity contribution in [2.45, 2.75) is 13.3 Å². The topological polar surface area (TPSA) is 26.3 Å². The predicted octanol–water partition coefficient (Wildman–Crippen LogP) is 4.69. The van der Waals surface area contributed by atoms with Gasteiger partial charge < -0.3 is 4.74 Å². The zero-order valence-corrected chi connectivity index (χ0v) is 14.0. The van der Waals surface area contributed by atoms with E-state index in [0.717, 1.165) is 32.2 Å². The van der Waals surface area contributed by atoms with Gasteiger partial charge >= 0.3 is 0 Å². The van der Waals surface area contributed by atoms with Gasteiger partial charge in [0.05, 0.1) is 12.2 Å². The van der Waals surface area contributed by atoms with E-state index in [1.807, 2.05) is 37.3 Å². The monoisotopic (exact) mass is 394 g/mol. The smallest absolute Gasteiger partial charge is 0.197 e. The molecular weight excluding hydrogens is 384 g/mol. The van der Waals surface area contributed by atoms with E-state index < -0.39 is 0 Å². The van der Waals surface area contributed by atoms with Crippen LogP contribution in [0.3, 0.4) is 0 Å². The first-order valence-corrected chi connectivity index (χ1v) is 7.91. The maximum atomic E-state index is 12.8. The molecule has 0 spiro atoms. The van der Waals surface area contributed by atoms with Crippen molar-refractivity contribution in [3.63, 3.8) is 0 Å². The molecule has 1 aliphatic rings. The largest absolute Gasteiger partial charge is 0.492 e. The predicted molar refractivity (Wildman–Crippen MR) is 85.7 cm³/mol. The summed E-state index contributed by atoms with van der Waals surface area (Å²) < 4.78 is 7.36. The molecule has 0 fully saturated rings. The molecule has 0 saturated heterocycles. The number of ketones is 1. The van der Waals surface area contributed by atoms with Crippen LogP contribution in [0, 0.1) is 6.92 Å². The Morgan fingerprint density at radius 2 is 1.95 bits per heavy atom. The molecule has 0 bridgehead atoms. The third-order valence-corrected chi connectivity index (χ3v) is 4.48. The van der Waals surface area contributed by atoms with E-state index in [1.54, 1.807) is 0 Å². The number of hydrogen-bond acceptors (Lipinski definition) is 2. The van der Waals surface area contributed by atoms with Gasteiger partial charge in [0.15, 0.2) is 5.78 Å². The molecule has 0 radical (unpaired) electrons. The minimum atomic E-state index is -0.0173. The highest BCUT2D eigenvalue weighted by Gasteiger charge is 2.23. The number of carbonyl (C=O) groups excluding carboxylic acids is 1. The molecule has 102 valence electrons. The summed E-state index contributed by atoms with van der Waals surface area (Å²) in [7, 11) is 0. The van der Waals surface area contributed by atoms with Gasteiger partial charge in [-0.15, -0.1) is 0 Å². The van der Waals surface area contributed by atoms with E-state index in [1.165, 1.54) is 0 Å². The van der Waals surface area contributed by atoms with Gasteiger partial charge in [0, 0.05) is 20.9 Å². The standard InChI is InChI=1S/C16H12Br2O2/c1-9-2-3-12(14(18)6-9)15(19)13-8-11(17)7-10-4-5-20-16(10)13/h2-3,6-8H,4-5H2,1H3. The lowest BCUT2D eigenvalue weighted by Gasteiger charge is -2.10. The van der Waals surface area contributed by atoms with E-state index >= 15 is 0 Å². The van der Waals surface area contributed by atoms with Crippen molar-refractivity contribution < 1.29 is 9.53 Å². The molecule has 2 aromatic rings. The first-order valence-electron chi connectivity index (χ1n) is 6.32. The van der Waals surface area contributed by atoms with Crippen molar-refractivity contribution in [2.75, 3.05) is 6.61 Å². The fourth-order valence-corrected chi connectivity index (χ4v) is 3.57. The highest BCUT2D eigenvalue weighted by Crippen LogP contribution is 2.35. The normalized spacial score (nSPS) is 12.9. The summed E-state index contributed by atoms with van der Waals surface area (Å²) in [6, 6.07) is 9.59. The Labute approximate surface area is 134 Å². The van der Waals surface area contributed by atoms with Crippen molar-refractivity contribution in [1.29, 1.82) is 0 Å². The quantitative estimate of drug-likeness (QED) is 0.689. The van der Waals surface area contributed by atoms with E-state index in [4.69, 9.17) is 4.74 Å². The van der Waals surface area contributed by atoms with Crippen LogP contribution in [0.5, 0.6) is 5.75 Å². The summed E-state index contributed by atoms with van der Waals surface area (Å²) in [5.74, 6) is 0.710. The molecule has 1 aliphatic heterocycles. The van der Waals surface area contributed by atoms with Gasteiger partial charge in [0.1, 0.15) is 5.75 Å². The van der Waals surface area contributed by atoms with Gasteiger partial charge in [0.2, 0.25) is 0 Å². The summed E-state index contributed by atoms with van der Waals surface area (Å²) in [5.41, 5.74) is 3.48. The number of aryl methyl sites for hydroxylation is 1. The highest BCUT2D eigenvalue weighted by molar-refractivity contribution is 9.10. The zero-order valence-electron chi connectivity index (χ0n) is 10.9. The molecule has 4 heteroatoms. The molecule has 3 rings (SSSR count). The fourth-order valence-electron chi connectivity index (χ4n) is 2.39. The Hall–Kier alpha value is -1.13. The van der Waals surface area contributed by atoms with Crippen LogP contribution in [-0.2, 0) is 6.42 Å². The summed E-state index contributed by atoms with van der Waals surface area (Å²) in [6.45, 7) is 2.64. The third-order valence-electron chi connectivity index (χ3n) is 3.36. The second-order valence-electron chi connectivity index (χ2n) is 4.85. The number of rotatable bonds is 2. The molecule has 20 heavy (non-hydrogen) atoms. The first-order chi connectivity index (χ1) is 9.56. The first kappa shape index (κ1) is 13.8. The van der Waals surface area contributed by atoms with Crippen LogP contribution < -0.4 is 4.74 Å². The lowest BCUT2D eigenvalue weighted by atomic mass is 9.99. The molecule has 0 unspecified atom stereocenters. The van der Waals surface area contributed by atoms with Crippen LogP contribution in [0.25, 0.3) is 0 Å². The number of halogens is 2. The van der Waals surface area contributed by atoms with Gasteiger partial charge in [-0.25, -0.2) is 0 Å². The molecule has 0 atom stereocenters. The molecule has 1 heterocycles. The minimum absolute atomic E-state index is 0.0173. The van der Waals surface area contributed by atoms with E-state index in [0.29, 0.717) is 17.7 Å². The van der Waals surface area contributed by atoms with Crippen LogP contribution in [0.2, 0.25) is 0 Å². The number of ether oxygens (including phenoxy) is 1. The minimum Gasteiger partial charge on any atom is -0.492 e. The SMILES string of the molecule is Cc1ccc(C(=O)c2cc(Br)cc3c2OCC3)c(Br)c1. The summed E-state index contributed by atoms with van der Waals surface area (Å²) in [5, 5.41) is 0. The molecule has 2 aromatic carbocycles. The van der Waals surface area contributed by atoms with Crippen LogP contribution in [0.4, 0.5) is 0 Å². The van der Waals surface area contributed by atoms with Gasteiger partial charge in [0.25, 0.3) is 0 Å². The zero-order chi connectivity index (χ0) is 14.3. The van der Waals surface area contributed by atoms with Gasteiger partial charge in [-0.1, -0.05) is 37.9 Å². The second-order valence-corrected chi connectivity index (χ2v) is 6.62. The average Bonchev–Trinajstić information content (AvgIpc) is 2.85. The van der Waals surface area contributed by atoms with Crippen molar-refractivity contribution >= 4 is 37.6 Å². The maximum Gasteiger partial charge on any atom is 0.197 e. The van der Waals surface area contributed by atoms with Crippen molar-refractivity contribution in [3.05, 3.63) is 61.5 Å². The number of fused-ring (bicyclic) bond motifs is 1. The van der Waals surface area contributed by atoms with E-state index in [9.17, 15) is 4.79 Å².